The van der Waals surface area contributed by atoms with Gasteiger partial charge in [-0.15, -0.1) is 0 Å². The maximum atomic E-state index is 13.2. The molecular formula is C27H29F3N2O4. The first-order valence-corrected chi connectivity index (χ1v) is 11.2. The van der Waals surface area contributed by atoms with Crippen LogP contribution in [-0.2, 0) is 17.6 Å². The van der Waals surface area contributed by atoms with E-state index in [1.807, 2.05) is 31.1 Å². The molecule has 6 nitrogen and oxygen atoms in total. The number of halogens is 3. The van der Waals surface area contributed by atoms with Crippen LogP contribution in [0.15, 0.2) is 54.6 Å². The Bertz CT molecular complexity index is 1260. The molecule has 0 saturated heterocycles. The molecule has 9 heteroatoms. The first-order valence-electron chi connectivity index (χ1n) is 11.2. The summed E-state index contributed by atoms with van der Waals surface area (Å²) in [5.41, 5.74) is 0.0127. The van der Waals surface area contributed by atoms with Crippen molar-refractivity contribution in [1.82, 2.24) is 5.32 Å². The molecule has 0 unspecified atom stereocenters. The molecule has 36 heavy (non-hydrogen) atoms. The summed E-state index contributed by atoms with van der Waals surface area (Å²) in [5.74, 6) is -1.58. The highest BCUT2D eigenvalue weighted by Crippen LogP contribution is 2.34. The number of amides is 1. The van der Waals surface area contributed by atoms with E-state index in [0.717, 1.165) is 23.2 Å². The predicted molar refractivity (Wildman–Crippen MR) is 132 cm³/mol. The van der Waals surface area contributed by atoms with Gasteiger partial charge in [0.05, 0.1) is 11.1 Å². The van der Waals surface area contributed by atoms with Crippen molar-refractivity contribution in [2.45, 2.75) is 39.6 Å². The van der Waals surface area contributed by atoms with E-state index in [1.165, 1.54) is 12.1 Å². The van der Waals surface area contributed by atoms with Crippen molar-refractivity contribution in [2.24, 2.45) is 5.41 Å². The van der Waals surface area contributed by atoms with Crippen LogP contribution in [0.25, 0.3) is 10.8 Å². The maximum absolute atomic E-state index is 13.2. The van der Waals surface area contributed by atoms with Crippen LogP contribution in [-0.4, -0.2) is 37.1 Å². The largest absolute Gasteiger partial charge is 0.487 e. The molecule has 0 bridgehead atoms. The lowest BCUT2D eigenvalue weighted by atomic mass is 9.86. The Morgan fingerprint density at radius 1 is 1.00 bits per heavy atom. The molecule has 1 amide bonds. The van der Waals surface area contributed by atoms with E-state index in [1.54, 1.807) is 39.0 Å². The van der Waals surface area contributed by atoms with Gasteiger partial charge in [0.25, 0.3) is 5.91 Å². The molecule has 0 aromatic heterocycles. The average molecular weight is 503 g/mol. The number of rotatable bonds is 7. The molecule has 192 valence electrons. The highest BCUT2D eigenvalue weighted by Gasteiger charge is 2.34. The molecular weight excluding hydrogens is 473 g/mol. The second-order valence-electron chi connectivity index (χ2n) is 9.84. The normalized spacial score (nSPS) is 12.8. The van der Waals surface area contributed by atoms with Crippen LogP contribution in [0.2, 0.25) is 0 Å². The SMILES string of the molecule is CN(C)c1ccc2c(OCc3ccc(C(F)(F)F)cc3)c(C(=O)N[C@H](C(=O)O)C(C)(C)C)ccc2c1. The number of carboxylic acids is 1. The number of carbonyl (C=O) groups is 2. The molecule has 2 N–H and O–H groups in total. The Morgan fingerprint density at radius 3 is 2.17 bits per heavy atom. The number of hydrogen-bond donors (Lipinski definition) is 2. The molecule has 0 aliphatic carbocycles. The fourth-order valence-corrected chi connectivity index (χ4v) is 3.70. The first-order chi connectivity index (χ1) is 16.7. The number of nitrogens with zero attached hydrogens (tertiary/aromatic N) is 1. The van der Waals surface area contributed by atoms with E-state index in [2.05, 4.69) is 5.32 Å². The molecule has 1 atom stereocenters. The third-order valence-corrected chi connectivity index (χ3v) is 5.77. The second kappa shape index (κ2) is 10.1. The van der Waals surface area contributed by atoms with Crippen molar-refractivity contribution in [2.75, 3.05) is 19.0 Å². The van der Waals surface area contributed by atoms with Gasteiger partial charge in [0.2, 0.25) is 0 Å². The van der Waals surface area contributed by atoms with Gasteiger partial charge in [0.1, 0.15) is 18.4 Å². The van der Waals surface area contributed by atoms with Crippen LogP contribution in [0.3, 0.4) is 0 Å². The van der Waals surface area contributed by atoms with Crippen LogP contribution in [0.4, 0.5) is 18.9 Å². The van der Waals surface area contributed by atoms with Gasteiger partial charge in [-0.3, -0.25) is 4.79 Å². The van der Waals surface area contributed by atoms with Crippen molar-refractivity contribution in [3.8, 4) is 5.75 Å². The lowest BCUT2D eigenvalue weighted by molar-refractivity contribution is -0.142. The summed E-state index contributed by atoms with van der Waals surface area (Å²) in [6.45, 7) is 5.03. The smallest absolute Gasteiger partial charge is 0.416 e. The molecule has 3 rings (SSSR count). The number of carbonyl (C=O) groups excluding carboxylic acids is 1. The highest BCUT2D eigenvalue weighted by atomic mass is 19.4. The molecule has 0 heterocycles. The fraction of sp³-hybridized carbons (Fsp3) is 0.333. The van der Waals surface area contributed by atoms with Crippen LogP contribution >= 0.6 is 0 Å². The van der Waals surface area contributed by atoms with Crippen molar-refractivity contribution in [3.05, 3.63) is 71.3 Å². The summed E-state index contributed by atoms with van der Waals surface area (Å²) in [5, 5.41) is 13.6. The molecule has 0 aliphatic heterocycles. The zero-order valence-electron chi connectivity index (χ0n) is 20.7. The third kappa shape index (κ3) is 6.08. The van der Waals surface area contributed by atoms with Crippen LogP contribution in [0, 0.1) is 5.41 Å². The van der Waals surface area contributed by atoms with Crippen molar-refractivity contribution in [3.63, 3.8) is 0 Å². The zero-order chi connectivity index (χ0) is 26.8. The molecule has 0 aliphatic rings. The number of aliphatic carboxylic acids is 1. The monoisotopic (exact) mass is 502 g/mol. The standard InChI is InChI=1S/C27H29F3N2O4/c1-26(2,3)23(25(34)35)31-24(33)21-12-8-17-14-19(32(4)5)11-13-20(17)22(21)36-15-16-6-9-18(10-7-16)27(28,29)30/h6-14,23H,15H2,1-5H3,(H,31,33)(H,34,35)/t23-/m1/s1. The van der Waals surface area contributed by atoms with E-state index in [0.29, 0.717) is 10.9 Å². The number of alkyl halides is 3. The Kier molecular flexibility index (Phi) is 7.52. The third-order valence-electron chi connectivity index (χ3n) is 5.77. The number of hydrogen-bond acceptors (Lipinski definition) is 4. The summed E-state index contributed by atoms with van der Waals surface area (Å²) in [6, 6.07) is 12.3. The summed E-state index contributed by atoms with van der Waals surface area (Å²) >= 11 is 0. The van der Waals surface area contributed by atoms with Crippen molar-refractivity contribution >= 4 is 28.3 Å². The van der Waals surface area contributed by atoms with Gasteiger partial charge in [-0.05, 0) is 52.8 Å². The predicted octanol–water partition coefficient (Wildman–Crippen LogP) is 5.73. The van der Waals surface area contributed by atoms with E-state index in [-0.39, 0.29) is 17.9 Å². The number of carboxylic acid groups (broad SMARTS) is 1. The van der Waals surface area contributed by atoms with Crippen LogP contribution in [0.1, 0.15) is 42.3 Å². The highest BCUT2D eigenvalue weighted by molar-refractivity contribution is 6.05. The molecule has 0 saturated carbocycles. The van der Waals surface area contributed by atoms with Crippen molar-refractivity contribution in [1.29, 1.82) is 0 Å². The topological polar surface area (TPSA) is 78.9 Å². The first kappa shape index (κ1) is 26.8. The van der Waals surface area contributed by atoms with Gasteiger partial charge in [-0.1, -0.05) is 39.0 Å². The Labute approximate surface area is 207 Å². The Hall–Kier alpha value is -3.75. The second-order valence-corrected chi connectivity index (χ2v) is 9.84. The molecule has 3 aromatic carbocycles. The fourth-order valence-electron chi connectivity index (χ4n) is 3.70. The summed E-state index contributed by atoms with van der Waals surface area (Å²) in [4.78, 5) is 26.9. The summed E-state index contributed by atoms with van der Waals surface area (Å²) < 4.78 is 44.7. The van der Waals surface area contributed by atoms with E-state index >= 15 is 0 Å². The molecule has 0 fully saturated rings. The average Bonchev–Trinajstić information content (AvgIpc) is 2.78. The minimum Gasteiger partial charge on any atom is -0.487 e. The van der Waals surface area contributed by atoms with E-state index in [4.69, 9.17) is 4.74 Å². The lowest BCUT2D eigenvalue weighted by Crippen LogP contribution is -2.49. The lowest BCUT2D eigenvalue weighted by Gasteiger charge is -2.28. The van der Waals surface area contributed by atoms with Gasteiger partial charge in [0.15, 0.2) is 0 Å². The quantitative estimate of drug-likeness (QED) is 0.431. The number of ether oxygens (including phenoxy) is 1. The van der Waals surface area contributed by atoms with Gasteiger partial charge >= 0.3 is 12.1 Å². The van der Waals surface area contributed by atoms with Crippen LogP contribution < -0.4 is 15.0 Å². The molecule has 0 spiro atoms. The van der Waals surface area contributed by atoms with Gasteiger partial charge in [-0.2, -0.15) is 13.2 Å². The maximum Gasteiger partial charge on any atom is 0.416 e. The summed E-state index contributed by atoms with van der Waals surface area (Å²) in [7, 11) is 3.78. The Balaban J connectivity index is 2.01. The summed E-state index contributed by atoms with van der Waals surface area (Å²) in [6.07, 6.45) is -4.45. The van der Waals surface area contributed by atoms with Gasteiger partial charge < -0.3 is 20.1 Å². The number of anilines is 1. The van der Waals surface area contributed by atoms with Crippen LogP contribution in [0.5, 0.6) is 5.75 Å². The zero-order valence-corrected chi connectivity index (χ0v) is 20.7. The van der Waals surface area contributed by atoms with E-state index < -0.39 is 35.1 Å². The number of fused-ring (bicyclic) bond motifs is 1. The molecule has 0 radical (unpaired) electrons. The number of benzene rings is 3. The number of nitrogens with one attached hydrogen (secondary N) is 1. The minimum atomic E-state index is -4.45. The van der Waals surface area contributed by atoms with Gasteiger partial charge in [-0.25, -0.2) is 4.79 Å². The Morgan fingerprint density at radius 2 is 1.64 bits per heavy atom. The van der Waals surface area contributed by atoms with E-state index in [9.17, 15) is 27.9 Å². The van der Waals surface area contributed by atoms with Crippen molar-refractivity contribution < 1.29 is 32.6 Å². The molecule has 3 aromatic rings. The van der Waals surface area contributed by atoms with Gasteiger partial charge in [0, 0.05) is 25.2 Å². The minimum absolute atomic E-state index is 0.0887.